The molecule has 0 aliphatic rings. The number of benzene rings is 2. The van der Waals surface area contributed by atoms with E-state index in [0.29, 0.717) is 16.8 Å². The summed E-state index contributed by atoms with van der Waals surface area (Å²) in [6.45, 7) is 1.69. The molecule has 0 saturated carbocycles. The number of nitrogens with two attached hydrogens (primary N) is 1. The van der Waals surface area contributed by atoms with Gasteiger partial charge in [0.15, 0.2) is 5.65 Å². The highest BCUT2D eigenvalue weighted by Crippen LogP contribution is 2.31. The summed E-state index contributed by atoms with van der Waals surface area (Å²) < 4.78 is 45.2. The predicted octanol–water partition coefficient (Wildman–Crippen LogP) is 4.00. The molecule has 4 aromatic rings. The van der Waals surface area contributed by atoms with Crippen LogP contribution in [-0.2, 0) is 6.18 Å². The van der Waals surface area contributed by atoms with E-state index in [4.69, 9.17) is 10.5 Å². The average molecular weight is 440 g/mol. The largest absolute Gasteiger partial charge is 0.424 e. The van der Waals surface area contributed by atoms with Crippen molar-refractivity contribution in [2.24, 2.45) is 5.73 Å². The number of rotatable bonds is 4. The lowest BCUT2D eigenvalue weighted by atomic mass is 10.2. The van der Waals surface area contributed by atoms with Gasteiger partial charge >= 0.3 is 12.2 Å². The van der Waals surface area contributed by atoms with Crippen LogP contribution in [0, 0.1) is 6.92 Å². The summed E-state index contributed by atoms with van der Waals surface area (Å²) in [5, 5.41) is 0.573. The fourth-order valence-corrected chi connectivity index (χ4v) is 3.13. The number of ether oxygens (including phenoxy) is 1. The first kappa shape index (κ1) is 21.0. The SMILES string of the molecule is Cc1nc(Oc2ccc(C(F)(F)F)cc2)nc2c1ccc(=O)n2-c1ccc(C(N)=O)cc1. The second kappa shape index (κ2) is 7.80. The molecule has 32 heavy (non-hydrogen) atoms. The van der Waals surface area contributed by atoms with Gasteiger partial charge in [0.1, 0.15) is 5.75 Å². The van der Waals surface area contributed by atoms with Crippen molar-refractivity contribution in [2.75, 3.05) is 0 Å². The van der Waals surface area contributed by atoms with E-state index < -0.39 is 17.6 Å². The van der Waals surface area contributed by atoms with Gasteiger partial charge in [-0.1, -0.05) is 0 Å². The Morgan fingerprint density at radius 1 is 0.969 bits per heavy atom. The molecule has 0 atom stereocenters. The van der Waals surface area contributed by atoms with Crippen molar-refractivity contribution < 1.29 is 22.7 Å². The van der Waals surface area contributed by atoms with E-state index in [1.54, 1.807) is 25.1 Å². The van der Waals surface area contributed by atoms with Crippen LogP contribution >= 0.6 is 0 Å². The number of nitrogens with zero attached hydrogens (tertiary/aromatic N) is 3. The summed E-state index contributed by atoms with van der Waals surface area (Å²) in [4.78, 5) is 32.5. The maximum atomic E-state index is 12.8. The molecular formula is C22H15F3N4O3. The molecule has 0 aliphatic heterocycles. The lowest BCUT2D eigenvalue weighted by Gasteiger charge is -2.13. The normalized spacial score (nSPS) is 11.5. The number of hydrogen-bond acceptors (Lipinski definition) is 5. The summed E-state index contributed by atoms with van der Waals surface area (Å²) in [6, 6.07) is 13.0. The van der Waals surface area contributed by atoms with Crippen LogP contribution in [-0.4, -0.2) is 20.4 Å². The Balaban J connectivity index is 1.79. The van der Waals surface area contributed by atoms with Gasteiger partial charge in [-0.15, -0.1) is 0 Å². The number of primary amides is 1. The van der Waals surface area contributed by atoms with Crippen LogP contribution < -0.4 is 16.0 Å². The van der Waals surface area contributed by atoms with Crippen LogP contribution in [0.1, 0.15) is 21.6 Å². The van der Waals surface area contributed by atoms with Crippen molar-refractivity contribution in [3.05, 3.63) is 87.8 Å². The third-order valence-corrected chi connectivity index (χ3v) is 4.72. The second-order valence-corrected chi connectivity index (χ2v) is 6.87. The monoisotopic (exact) mass is 440 g/mol. The highest BCUT2D eigenvalue weighted by molar-refractivity contribution is 5.93. The Kier molecular flexibility index (Phi) is 5.13. The zero-order chi connectivity index (χ0) is 23.0. The third kappa shape index (κ3) is 4.02. The Morgan fingerprint density at radius 3 is 2.22 bits per heavy atom. The number of aromatic nitrogens is 3. The second-order valence-electron chi connectivity index (χ2n) is 6.87. The van der Waals surface area contributed by atoms with Gasteiger partial charge < -0.3 is 10.5 Å². The van der Waals surface area contributed by atoms with Gasteiger partial charge in [-0.2, -0.15) is 23.1 Å². The van der Waals surface area contributed by atoms with Crippen molar-refractivity contribution in [2.45, 2.75) is 13.1 Å². The molecule has 2 aromatic carbocycles. The van der Waals surface area contributed by atoms with Crippen molar-refractivity contribution >= 4 is 16.9 Å². The molecule has 162 valence electrons. The quantitative estimate of drug-likeness (QED) is 0.517. The number of aryl methyl sites for hydroxylation is 1. The maximum absolute atomic E-state index is 12.8. The molecule has 0 aliphatic carbocycles. The smallest absolute Gasteiger partial charge is 0.416 e. The number of alkyl halides is 3. The van der Waals surface area contributed by atoms with E-state index in [-0.39, 0.29) is 28.5 Å². The van der Waals surface area contributed by atoms with E-state index in [1.807, 2.05) is 0 Å². The standard InChI is InChI=1S/C22H15F3N4O3/c1-12-17-10-11-18(30)29(15-6-2-13(3-7-15)19(26)31)20(17)28-21(27-12)32-16-8-4-14(5-9-16)22(23,24)25/h2-11H,1H3,(H2,26,31). The Hall–Kier alpha value is -4.21. The van der Waals surface area contributed by atoms with Crippen LogP contribution in [0.4, 0.5) is 13.2 Å². The molecule has 0 spiro atoms. The first-order chi connectivity index (χ1) is 15.1. The number of carbonyl (C=O) groups is 1. The predicted molar refractivity (Wildman–Crippen MR) is 110 cm³/mol. The highest BCUT2D eigenvalue weighted by Gasteiger charge is 2.30. The lowest BCUT2D eigenvalue weighted by molar-refractivity contribution is -0.137. The zero-order valence-corrected chi connectivity index (χ0v) is 16.6. The fourth-order valence-electron chi connectivity index (χ4n) is 3.13. The van der Waals surface area contributed by atoms with Crippen molar-refractivity contribution in [3.63, 3.8) is 0 Å². The van der Waals surface area contributed by atoms with Crippen LogP contribution in [0.5, 0.6) is 11.8 Å². The van der Waals surface area contributed by atoms with Crippen molar-refractivity contribution in [1.29, 1.82) is 0 Å². The summed E-state index contributed by atoms with van der Waals surface area (Å²) in [5.41, 5.74) is 5.51. The molecule has 0 saturated heterocycles. The van der Waals surface area contributed by atoms with Crippen LogP contribution in [0.2, 0.25) is 0 Å². The van der Waals surface area contributed by atoms with Gasteiger partial charge in [-0.3, -0.25) is 14.2 Å². The third-order valence-electron chi connectivity index (χ3n) is 4.72. The minimum absolute atomic E-state index is 0.104. The van der Waals surface area contributed by atoms with Gasteiger partial charge in [0.05, 0.1) is 16.9 Å². The van der Waals surface area contributed by atoms with Crippen molar-refractivity contribution in [3.8, 4) is 17.4 Å². The summed E-state index contributed by atoms with van der Waals surface area (Å²) >= 11 is 0. The molecule has 1 amide bonds. The number of pyridine rings is 1. The maximum Gasteiger partial charge on any atom is 0.416 e. The first-order valence-electron chi connectivity index (χ1n) is 9.29. The van der Waals surface area contributed by atoms with Crippen molar-refractivity contribution in [1.82, 2.24) is 14.5 Å². The summed E-state index contributed by atoms with van der Waals surface area (Å²) in [5.74, 6) is -0.500. The minimum Gasteiger partial charge on any atom is -0.424 e. The van der Waals surface area contributed by atoms with E-state index in [1.165, 1.54) is 22.8 Å². The molecule has 7 nitrogen and oxygen atoms in total. The summed E-state index contributed by atoms with van der Waals surface area (Å²) in [7, 11) is 0. The number of hydrogen-bond donors (Lipinski definition) is 1. The van der Waals surface area contributed by atoms with Gasteiger partial charge in [0.25, 0.3) is 5.56 Å². The van der Waals surface area contributed by atoms with Gasteiger partial charge in [-0.25, -0.2) is 0 Å². The minimum atomic E-state index is -4.46. The summed E-state index contributed by atoms with van der Waals surface area (Å²) in [6.07, 6.45) is -4.46. The molecule has 10 heteroatoms. The van der Waals surface area contributed by atoms with Gasteiger partial charge in [-0.05, 0) is 61.5 Å². The Morgan fingerprint density at radius 2 is 1.62 bits per heavy atom. The molecular weight excluding hydrogens is 425 g/mol. The average Bonchev–Trinajstić information content (AvgIpc) is 2.73. The molecule has 0 unspecified atom stereocenters. The number of carbonyl (C=O) groups excluding carboxylic acids is 1. The molecule has 0 fully saturated rings. The van der Waals surface area contributed by atoms with Crippen LogP contribution in [0.15, 0.2) is 65.5 Å². The number of amides is 1. The van der Waals surface area contributed by atoms with E-state index in [0.717, 1.165) is 24.3 Å². The van der Waals surface area contributed by atoms with Crippen LogP contribution in [0.25, 0.3) is 16.7 Å². The molecule has 2 N–H and O–H groups in total. The zero-order valence-electron chi connectivity index (χ0n) is 16.6. The molecule has 4 rings (SSSR count). The Labute approximate surface area is 178 Å². The molecule has 2 heterocycles. The van der Waals surface area contributed by atoms with E-state index in [9.17, 15) is 22.8 Å². The number of fused-ring (bicyclic) bond motifs is 1. The van der Waals surface area contributed by atoms with E-state index >= 15 is 0 Å². The van der Waals surface area contributed by atoms with Gasteiger partial charge in [0.2, 0.25) is 5.91 Å². The van der Waals surface area contributed by atoms with Crippen LogP contribution in [0.3, 0.4) is 0 Å². The topological polar surface area (TPSA) is 100 Å². The lowest BCUT2D eigenvalue weighted by Crippen LogP contribution is -2.19. The molecule has 2 aromatic heterocycles. The van der Waals surface area contributed by atoms with Gasteiger partial charge in [0, 0.05) is 17.0 Å². The Bertz CT molecular complexity index is 1380. The van der Waals surface area contributed by atoms with E-state index in [2.05, 4.69) is 9.97 Å². The first-order valence-corrected chi connectivity index (χ1v) is 9.29. The fraction of sp³-hybridized carbons (Fsp3) is 0.0909. The number of halogens is 3. The highest BCUT2D eigenvalue weighted by atomic mass is 19.4. The molecule has 0 bridgehead atoms. The molecule has 0 radical (unpaired) electrons.